The maximum absolute atomic E-state index is 12.0. The molecule has 0 aliphatic heterocycles. The van der Waals surface area contributed by atoms with Crippen LogP contribution >= 0.6 is 11.3 Å². The van der Waals surface area contributed by atoms with Crippen molar-refractivity contribution in [2.75, 3.05) is 12.4 Å². The Bertz CT molecular complexity index is 657. The van der Waals surface area contributed by atoms with Crippen molar-refractivity contribution in [3.05, 3.63) is 50.5 Å². The number of nitro benzene ring substituents is 1. The zero-order valence-corrected chi connectivity index (χ0v) is 12.4. The molecule has 8 heteroatoms. The number of rotatable bonds is 4. The number of amides is 2. The predicted octanol–water partition coefficient (Wildman–Crippen LogP) is 3.02. The Morgan fingerprint density at radius 2 is 2.29 bits per heavy atom. The molecule has 0 atom stereocenters. The molecule has 110 valence electrons. The molecule has 2 amide bonds. The van der Waals surface area contributed by atoms with Crippen LogP contribution in [-0.4, -0.2) is 27.9 Å². The van der Waals surface area contributed by atoms with Gasteiger partial charge in [0.15, 0.2) is 0 Å². The standard InChI is InChI=1S/C13H14N4O3S/c1-9-7-10(3-4-11(9)17(19)20)15-13(18)16(2)8-12-14-5-6-21-12/h3-7H,8H2,1-2H3,(H,15,18). The molecule has 7 nitrogen and oxygen atoms in total. The molecule has 2 aromatic rings. The van der Waals surface area contributed by atoms with Gasteiger partial charge in [0, 0.05) is 35.9 Å². The molecule has 0 unspecified atom stereocenters. The van der Waals surface area contributed by atoms with Crippen LogP contribution in [0.5, 0.6) is 0 Å². The average Bonchev–Trinajstić information content (AvgIpc) is 2.91. The second-order valence-corrected chi connectivity index (χ2v) is 5.45. The van der Waals surface area contributed by atoms with E-state index in [0.29, 0.717) is 17.8 Å². The summed E-state index contributed by atoms with van der Waals surface area (Å²) in [5.74, 6) is 0. The van der Waals surface area contributed by atoms with E-state index in [1.165, 1.54) is 28.4 Å². The highest BCUT2D eigenvalue weighted by Gasteiger charge is 2.14. The molecule has 1 N–H and O–H groups in total. The number of hydrogen-bond acceptors (Lipinski definition) is 5. The van der Waals surface area contributed by atoms with Crippen LogP contribution in [0.15, 0.2) is 29.8 Å². The lowest BCUT2D eigenvalue weighted by Crippen LogP contribution is -2.30. The third-order valence-corrected chi connectivity index (χ3v) is 3.61. The van der Waals surface area contributed by atoms with Crippen LogP contribution in [0.3, 0.4) is 0 Å². The first-order valence-corrected chi connectivity index (χ1v) is 7.01. The first-order chi connectivity index (χ1) is 9.97. The number of carbonyl (C=O) groups excluding carboxylic acids is 1. The van der Waals surface area contributed by atoms with Crippen LogP contribution in [-0.2, 0) is 6.54 Å². The Morgan fingerprint density at radius 3 is 2.86 bits per heavy atom. The Morgan fingerprint density at radius 1 is 1.52 bits per heavy atom. The van der Waals surface area contributed by atoms with Crippen molar-refractivity contribution in [2.24, 2.45) is 0 Å². The van der Waals surface area contributed by atoms with Gasteiger partial charge in [-0.3, -0.25) is 10.1 Å². The summed E-state index contributed by atoms with van der Waals surface area (Å²) in [6.07, 6.45) is 1.69. The molecule has 0 saturated carbocycles. The van der Waals surface area contributed by atoms with E-state index < -0.39 is 4.92 Å². The van der Waals surface area contributed by atoms with Crippen LogP contribution in [0, 0.1) is 17.0 Å². The van der Waals surface area contributed by atoms with E-state index in [1.807, 2.05) is 5.38 Å². The molecule has 0 fully saturated rings. The molecular formula is C13H14N4O3S. The molecule has 21 heavy (non-hydrogen) atoms. The van der Waals surface area contributed by atoms with Crippen LogP contribution < -0.4 is 5.32 Å². The van der Waals surface area contributed by atoms with Crippen molar-refractivity contribution in [3.63, 3.8) is 0 Å². The summed E-state index contributed by atoms with van der Waals surface area (Å²) in [5, 5.41) is 16.1. The maximum Gasteiger partial charge on any atom is 0.321 e. The number of aryl methyl sites for hydroxylation is 1. The summed E-state index contributed by atoms with van der Waals surface area (Å²) >= 11 is 1.47. The lowest BCUT2D eigenvalue weighted by Gasteiger charge is -2.16. The third-order valence-electron chi connectivity index (χ3n) is 2.85. The van der Waals surface area contributed by atoms with Gasteiger partial charge >= 0.3 is 6.03 Å². The molecule has 1 aromatic carbocycles. The number of nitro groups is 1. The van der Waals surface area contributed by atoms with E-state index >= 15 is 0 Å². The fourth-order valence-corrected chi connectivity index (χ4v) is 2.43. The Kier molecular flexibility index (Phi) is 4.49. The molecule has 0 radical (unpaired) electrons. The van der Waals surface area contributed by atoms with Crippen LogP contribution in [0.1, 0.15) is 10.6 Å². The minimum Gasteiger partial charge on any atom is -0.321 e. The van der Waals surface area contributed by atoms with E-state index in [1.54, 1.807) is 26.2 Å². The zero-order chi connectivity index (χ0) is 15.4. The number of carbonyl (C=O) groups is 1. The van der Waals surface area contributed by atoms with Gasteiger partial charge in [-0.25, -0.2) is 9.78 Å². The van der Waals surface area contributed by atoms with Gasteiger partial charge in [-0.2, -0.15) is 0 Å². The zero-order valence-electron chi connectivity index (χ0n) is 11.6. The van der Waals surface area contributed by atoms with Crippen LogP contribution in [0.2, 0.25) is 0 Å². The Labute approximate surface area is 125 Å². The molecule has 0 aliphatic carbocycles. The number of thiazole rings is 1. The van der Waals surface area contributed by atoms with E-state index in [2.05, 4.69) is 10.3 Å². The van der Waals surface area contributed by atoms with Crippen molar-refractivity contribution in [1.82, 2.24) is 9.88 Å². The molecule has 0 aliphatic rings. The number of urea groups is 1. The van der Waals surface area contributed by atoms with Crippen molar-refractivity contribution < 1.29 is 9.72 Å². The molecule has 2 rings (SSSR count). The van der Waals surface area contributed by atoms with Crippen molar-refractivity contribution in [3.8, 4) is 0 Å². The molecule has 0 spiro atoms. The lowest BCUT2D eigenvalue weighted by atomic mass is 10.2. The van der Waals surface area contributed by atoms with Gasteiger partial charge in [0.05, 0.1) is 11.5 Å². The van der Waals surface area contributed by atoms with Gasteiger partial charge in [0.2, 0.25) is 0 Å². The molecule has 0 bridgehead atoms. The SMILES string of the molecule is Cc1cc(NC(=O)N(C)Cc2nccs2)ccc1[N+](=O)[O-]. The summed E-state index contributed by atoms with van der Waals surface area (Å²) < 4.78 is 0. The first-order valence-electron chi connectivity index (χ1n) is 6.13. The predicted molar refractivity (Wildman–Crippen MR) is 80.4 cm³/mol. The highest BCUT2D eigenvalue weighted by atomic mass is 32.1. The monoisotopic (exact) mass is 306 g/mol. The van der Waals surface area contributed by atoms with Gasteiger partial charge in [-0.15, -0.1) is 11.3 Å². The van der Waals surface area contributed by atoms with E-state index in [4.69, 9.17) is 0 Å². The number of anilines is 1. The van der Waals surface area contributed by atoms with E-state index in [0.717, 1.165) is 5.01 Å². The highest BCUT2D eigenvalue weighted by molar-refractivity contribution is 7.09. The first kappa shape index (κ1) is 14.9. The summed E-state index contributed by atoms with van der Waals surface area (Å²) in [6.45, 7) is 2.04. The third kappa shape index (κ3) is 3.76. The second kappa shape index (κ2) is 6.31. The highest BCUT2D eigenvalue weighted by Crippen LogP contribution is 2.21. The summed E-state index contributed by atoms with van der Waals surface area (Å²) in [4.78, 5) is 27.9. The summed E-state index contributed by atoms with van der Waals surface area (Å²) in [5.41, 5.74) is 1.05. The van der Waals surface area contributed by atoms with Crippen molar-refractivity contribution in [1.29, 1.82) is 0 Å². The second-order valence-electron chi connectivity index (χ2n) is 4.47. The minimum atomic E-state index is -0.449. The van der Waals surface area contributed by atoms with Crippen molar-refractivity contribution in [2.45, 2.75) is 13.5 Å². The Balaban J connectivity index is 2.02. The summed E-state index contributed by atoms with van der Waals surface area (Å²) in [7, 11) is 1.66. The van der Waals surface area contributed by atoms with Crippen LogP contribution in [0.25, 0.3) is 0 Å². The summed E-state index contributed by atoms with van der Waals surface area (Å²) in [6, 6.07) is 4.18. The number of nitrogens with one attached hydrogen (secondary N) is 1. The normalized spacial score (nSPS) is 10.2. The quantitative estimate of drug-likeness (QED) is 0.694. The number of aromatic nitrogens is 1. The maximum atomic E-state index is 12.0. The Hall–Kier alpha value is -2.48. The van der Waals surface area contributed by atoms with Crippen molar-refractivity contribution >= 4 is 28.7 Å². The van der Waals surface area contributed by atoms with E-state index in [9.17, 15) is 14.9 Å². The molecule has 1 aromatic heterocycles. The smallest absolute Gasteiger partial charge is 0.321 e. The van der Waals surface area contributed by atoms with Gasteiger partial charge < -0.3 is 10.2 Å². The molecule has 0 saturated heterocycles. The fraction of sp³-hybridized carbons (Fsp3) is 0.231. The van der Waals surface area contributed by atoms with Gasteiger partial charge in [0.1, 0.15) is 5.01 Å². The molecular weight excluding hydrogens is 292 g/mol. The number of benzene rings is 1. The topological polar surface area (TPSA) is 88.4 Å². The minimum absolute atomic E-state index is 0.0316. The van der Waals surface area contributed by atoms with Gasteiger partial charge in [-0.05, 0) is 19.1 Å². The number of nitrogens with zero attached hydrogens (tertiary/aromatic N) is 3. The average molecular weight is 306 g/mol. The van der Waals surface area contributed by atoms with Gasteiger partial charge in [-0.1, -0.05) is 0 Å². The van der Waals surface area contributed by atoms with Gasteiger partial charge in [0.25, 0.3) is 5.69 Å². The largest absolute Gasteiger partial charge is 0.321 e. The fourth-order valence-electron chi connectivity index (χ4n) is 1.76. The number of hydrogen-bond donors (Lipinski definition) is 1. The van der Waals surface area contributed by atoms with E-state index in [-0.39, 0.29) is 11.7 Å². The molecule has 1 heterocycles. The van der Waals surface area contributed by atoms with Crippen LogP contribution in [0.4, 0.5) is 16.2 Å². The lowest BCUT2D eigenvalue weighted by molar-refractivity contribution is -0.385.